The van der Waals surface area contributed by atoms with Crippen molar-refractivity contribution in [3.05, 3.63) is 38.8 Å². The first-order chi connectivity index (χ1) is 9.06. The van der Waals surface area contributed by atoms with Gasteiger partial charge in [-0.15, -0.1) is 0 Å². The summed E-state index contributed by atoms with van der Waals surface area (Å²) in [7, 11) is 0. The van der Waals surface area contributed by atoms with Crippen LogP contribution in [0.1, 0.15) is 39.0 Å². The molecule has 2 atom stereocenters. The molecule has 1 aliphatic carbocycles. The van der Waals surface area contributed by atoms with Crippen molar-refractivity contribution in [2.75, 3.05) is 0 Å². The first-order valence-electron chi connectivity index (χ1n) is 6.90. The van der Waals surface area contributed by atoms with Crippen LogP contribution in [0.15, 0.2) is 23.3 Å². The van der Waals surface area contributed by atoms with E-state index in [0.717, 1.165) is 18.9 Å². The maximum absolute atomic E-state index is 11.3. The minimum Gasteiger partial charge on any atom is -0.348 e. The molecule has 0 radical (unpaired) electrons. The molecule has 1 heterocycles. The summed E-state index contributed by atoms with van der Waals surface area (Å²) < 4.78 is 1.76. The first kappa shape index (κ1) is 13.8. The molecule has 5 nitrogen and oxygen atoms in total. The molecule has 0 amide bonds. The highest BCUT2D eigenvalue weighted by Crippen LogP contribution is 2.30. The average molecular weight is 264 g/mol. The summed E-state index contributed by atoms with van der Waals surface area (Å²) in [5.41, 5.74) is -0.855. The van der Waals surface area contributed by atoms with Gasteiger partial charge in [0.1, 0.15) is 0 Å². The zero-order chi connectivity index (χ0) is 13.8. The van der Waals surface area contributed by atoms with Crippen LogP contribution in [0.2, 0.25) is 0 Å². The Morgan fingerprint density at radius 2 is 2.26 bits per heavy atom. The van der Waals surface area contributed by atoms with Gasteiger partial charge in [0.15, 0.2) is 0 Å². The number of aromatic nitrogens is 1. The average Bonchev–Trinajstić information content (AvgIpc) is 2.37. The van der Waals surface area contributed by atoms with Crippen molar-refractivity contribution in [2.24, 2.45) is 11.8 Å². The van der Waals surface area contributed by atoms with Gasteiger partial charge in [0.25, 0.3) is 5.43 Å². The van der Waals surface area contributed by atoms with E-state index >= 15 is 0 Å². The SMILES string of the molecule is C[C@H]1CCC[C@@H](CCn2ccc(=O)c([N+](=O)[O-])c2)C1. The van der Waals surface area contributed by atoms with Gasteiger partial charge in [0.2, 0.25) is 0 Å². The van der Waals surface area contributed by atoms with Crippen LogP contribution in [0.4, 0.5) is 5.69 Å². The summed E-state index contributed by atoms with van der Waals surface area (Å²) >= 11 is 0. The molecule has 0 aliphatic heterocycles. The van der Waals surface area contributed by atoms with Gasteiger partial charge in [-0.25, -0.2) is 0 Å². The normalized spacial score (nSPS) is 23.2. The zero-order valence-corrected chi connectivity index (χ0v) is 11.2. The van der Waals surface area contributed by atoms with Gasteiger partial charge in [0.05, 0.1) is 11.1 Å². The Balaban J connectivity index is 1.98. The van der Waals surface area contributed by atoms with Crippen LogP contribution < -0.4 is 5.43 Å². The number of hydrogen-bond acceptors (Lipinski definition) is 3. The van der Waals surface area contributed by atoms with Crippen molar-refractivity contribution >= 4 is 5.69 Å². The Morgan fingerprint density at radius 1 is 1.47 bits per heavy atom. The predicted molar refractivity (Wildman–Crippen MR) is 73.1 cm³/mol. The largest absolute Gasteiger partial charge is 0.348 e. The fourth-order valence-corrected chi connectivity index (χ4v) is 2.94. The van der Waals surface area contributed by atoms with Gasteiger partial charge in [0, 0.05) is 18.8 Å². The van der Waals surface area contributed by atoms with E-state index in [-0.39, 0.29) is 5.69 Å². The summed E-state index contributed by atoms with van der Waals surface area (Å²) in [6, 6.07) is 1.28. The predicted octanol–water partition coefficient (Wildman–Crippen LogP) is 2.97. The van der Waals surface area contributed by atoms with Gasteiger partial charge >= 0.3 is 5.69 Å². The number of pyridine rings is 1. The number of hydrogen-bond donors (Lipinski definition) is 0. The topological polar surface area (TPSA) is 65.1 Å². The summed E-state index contributed by atoms with van der Waals surface area (Å²) in [5.74, 6) is 1.50. The summed E-state index contributed by atoms with van der Waals surface area (Å²) in [6.45, 7) is 3.04. The monoisotopic (exact) mass is 264 g/mol. The zero-order valence-electron chi connectivity index (χ0n) is 11.2. The second-order valence-electron chi connectivity index (χ2n) is 5.62. The minimum atomic E-state index is -0.610. The van der Waals surface area contributed by atoms with Crippen LogP contribution in [-0.4, -0.2) is 9.49 Å². The van der Waals surface area contributed by atoms with E-state index in [0.29, 0.717) is 5.92 Å². The lowest BCUT2D eigenvalue weighted by atomic mass is 9.81. The van der Waals surface area contributed by atoms with Gasteiger partial charge in [-0.2, -0.15) is 0 Å². The number of aryl methyl sites for hydroxylation is 1. The molecule has 104 valence electrons. The number of nitro groups is 1. The maximum Gasteiger partial charge on any atom is 0.332 e. The molecule has 1 aliphatic rings. The van der Waals surface area contributed by atoms with E-state index < -0.39 is 10.4 Å². The molecule has 1 saturated carbocycles. The quantitative estimate of drug-likeness (QED) is 0.620. The molecule has 1 aromatic rings. The first-order valence-corrected chi connectivity index (χ1v) is 6.90. The van der Waals surface area contributed by atoms with E-state index in [1.54, 1.807) is 10.8 Å². The Kier molecular flexibility index (Phi) is 4.35. The van der Waals surface area contributed by atoms with Gasteiger partial charge < -0.3 is 4.57 Å². The summed E-state index contributed by atoms with van der Waals surface area (Å²) in [5, 5.41) is 10.7. The van der Waals surface area contributed by atoms with E-state index in [1.165, 1.54) is 37.9 Å². The number of rotatable bonds is 4. The molecule has 0 saturated heterocycles. The Bertz CT molecular complexity index is 510. The fourth-order valence-electron chi connectivity index (χ4n) is 2.94. The van der Waals surface area contributed by atoms with E-state index in [2.05, 4.69) is 6.92 Å². The van der Waals surface area contributed by atoms with Crippen LogP contribution >= 0.6 is 0 Å². The standard InChI is InChI=1S/C14H20N2O3/c1-11-3-2-4-12(9-11)5-7-15-8-6-14(17)13(10-15)16(18)19/h6,8,10-12H,2-5,7,9H2,1H3/t11-,12-/m0/s1. The van der Waals surface area contributed by atoms with E-state index in [4.69, 9.17) is 0 Å². The van der Waals surface area contributed by atoms with Crippen LogP contribution in [0.25, 0.3) is 0 Å². The molecule has 1 fully saturated rings. The van der Waals surface area contributed by atoms with Crippen LogP contribution in [0.3, 0.4) is 0 Å². The maximum atomic E-state index is 11.3. The molecule has 2 rings (SSSR count). The summed E-state index contributed by atoms with van der Waals surface area (Å²) in [6.07, 6.45) is 9.14. The van der Waals surface area contributed by atoms with Crippen LogP contribution in [-0.2, 0) is 6.54 Å². The Hall–Kier alpha value is -1.65. The Labute approximate surface area is 112 Å². The molecule has 0 unspecified atom stereocenters. The van der Waals surface area contributed by atoms with Gasteiger partial charge in [-0.3, -0.25) is 14.9 Å². The van der Waals surface area contributed by atoms with Crippen molar-refractivity contribution < 1.29 is 4.92 Å². The smallest absolute Gasteiger partial charge is 0.332 e. The van der Waals surface area contributed by atoms with E-state index in [1.807, 2.05) is 0 Å². The molecule has 0 bridgehead atoms. The second kappa shape index (κ2) is 5.99. The third-order valence-corrected chi connectivity index (χ3v) is 4.00. The third-order valence-electron chi connectivity index (χ3n) is 4.00. The molecule has 0 N–H and O–H groups in total. The van der Waals surface area contributed by atoms with Crippen LogP contribution in [0.5, 0.6) is 0 Å². The van der Waals surface area contributed by atoms with Gasteiger partial charge in [-0.1, -0.05) is 26.2 Å². The van der Waals surface area contributed by atoms with Crippen molar-refractivity contribution in [1.82, 2.24) is 4.57 Å². The van der Waals surface area contributed by atoms with Gasteiger partial charge in [-0.05, 0) is 24.7 Å². The third kappa shape index (κ3) is 3.66. The Morgan fingerprint density at radius 3 is 2.95 bits per heavy atom. The highest BCUT2D eigenvalue weighted by Gasteiger charge is 2.19. The molecule has 0 spiro atoms. The molecule has 19 heavy (non-hydrogen) atoms. The molecule has 0 aromatic carbocycles. The second-order valence-corrected chi connectivity index (χ2v) is 5.62. The minimum absolute atomic E-state index is 0.334. The van der Waals surface area contributed by atoms with Crippen molar-refractivity contribution in [3.63, 3.8) is 0 Å². The lowest BCUT2D eigenvalue weighted by Crippen LogP contribution is -2.16. The molecular weight excluding hydrogens is 244 g/mol. The summed E-state index contributed by atoms with van der Waals surface area (Å²) in [4.78, 5) is 21.4. The highest BCUT2D eigenvalue weighted by molar-refractivity contribution is 5.25. The molecule has 1 aromatic heterocycles. The molecular formula is C14H20N2O3. The fraction of sp³-hybridized carbons (Fsp3) is 0.643. The highest BCUT2D eigenvalue weighted by atomic mass is 16.6. The van der Waals surface area contributed by atoms with E-state index in [9.17, 15) is 14.9 Å². The lowest BCUT2D eigenvalue weighted by molar-refractivity contribution is -0.386. The van der Waals surface area contributed by atoms with Crippen molar-refractivity contribution in [2.45, 2.75) is 45.6 Å². The van der Waals surface area contributed by atoms with Crippen molar-refractivity contribution in [1.29, 1.82) is 0 Å². The molecule has 5 heteroatoms. The number of nitrogens with zero attached hydrogens (tertiary/aromatic N) is 2. The van der Waals surface area contributed by atoms with Crippen LogP contribution in [0, 0.1) is 22.0 Å². The lowest BCUT2D eigenvalue weighted by Gasteiger charge is -2.26. The van der Waals surface area contributed by atoms with Crippen molar-refractivity contribution in [3.8, 4) is 0 Å².